The Kier molecular flexibility index (Phi) is 5.15. The number of carbonyl (C=O) groups excluding carboxylic acids is 1. The molecule has 0 aliphatic rings. The Morgan fingerprint density at radius 2 is 1.82 bits per heavy atom. The summed E-state index contributed by atoms with van der Waals surface area (Å²) in [4.78, 5) is 11.8. The molecule has 0 fully saturated rings. The number of nitrogens with one attached hydrogen (secondary N) is 1. The summed E-state index contributed by atoms with van der Waals surface area (Å²) in [5.74, 6) is -2.04. The fourth-order valence-electron chi connectivity index (χ4n) is 1.86. The summed E-state index contributed by atoms with van der Waals surface area (Å²) in [5, 5.41) is 2.85. The van der Waals surface area contributed by atoms with E-state index in [9.17, 15) is 17.6 Å². The second kappa shape index (κ2) is 6.89. The molecular formula is C15H13ClFNO3S. The number of benzene rings is 2. The molecule has 0 aromatic heterocycles. The van der Waals surface area contributed by atoms with Crippen LogP contribution in [-0.2, 0) is 20.4 Å². The molecule has 0 saturated heterocycles. The van der Waals surface area contributed by atoms with Crippen LogP contribution in [0.25, 0.3) is 0 Å². The number of hydrogen-bond acceptors (Lipinski definition) is 3. The van der Waals surface area contributed by atoms with E-state index in [0.29, 0.717) is 16.3 Å². The van der Waals surface area contributed by atoms with Gasteiger partial charge in [-0.15, -0.1) is 0 Å². The first-order chi connectivity index (χ1) is 10.3. The van der Waals surface area contributed by atoms with Gasteiger partial charge in [0, 0.05) is 10.7 Å². The highest BCUT2D eigenvalue weighted by Gasteiger charge is 2.17. The number of amides is 1. The molecule has 116 valence electrons. The second-order valence-electron chi connectivity index (χ2n) is 4.72. The van der Waals surface area contributed by atoms with E-state index in [4.69, 9.17) is 11.6 Å². The van der Waals surface area contributed by atoms with E-state index in [2.05, 4.69) is 5.32 Å². The maximum absolute atomic E-state index is 12.8. The maximum Gasteiger partial charge on any atom is 0.239 e. The number of halogens is 2. The lowest BCUT2D eigenvalue weighted by atomic mass is 10.2. The summed E-state index contributed by atoms with van der Waals surface area (Å²) in [5.41, 5.74) is 0.853. The van der Waals surface area contributed by atoms with Gasteiger partial charge in [0.25, 0.3) is 0 Å². The van der Waals surface area contributed by atoms with Crippen LogP contribution >= 0.6 is 11.6 Å². The number of sulfone groups is 1. The fraction of sp³-hybridized carbons (Fsp3) is 0.133. The van der Waals surface area contributed by atoms with Crippen molar-refractivity contribution in [1.29, 1.82) is 0 Å². The van der Waals surface area contributed by atoms with Gasteiger partial charge in [-0.25, -0.2) is 12.8 Å². The molecule has 2 aromatic rings. The molecule has 0 saturated carbocycles. The third-order valence-corrected chi connectivity index (χ3v) is 4.46. The van der Waals surface area contributed by atoms with E-state index >= 15 is 0 Å². The zero-order valence-electron chi connectivity index (χ0n) is 11.4. The lowest BCUT2D eigenvalue weighted by Gasteiger charge is -2.07. The molecule has 7 heteroatoms. The van der Waals surface area contributed by atoms with Crippen molar-refractivity contribution in [3.05, 3.63) is 64.9 Å². The van der Waals surface area contributed by atoms with E-state index in [-0.39, 0.29) is 5.75 Å². The van der Waals surface area contributed by atoms with Crippen LogP contribution in [0.3, 0.4) is 0 Å². The average Bonchev–Trinajstić information content (AvgIpc) is 2.40. The lowest BCUT2D eigenvalue weighted by molar-refractivity contribution is -0.113. The lowest BCUT2D eigenvalue weighted by Crippen LogP contribution is -2.23. The van der Waals surface area contributed by atoms with Crippen LogP contribution in [0, 0.1) is 5.82 Å². The Balaban J connectivity index is 1.99. The van der Waals surface area contributed by atoms with E-state index in [1.165, 1.54) is 30.3 Å². The van der Waals surface area contributed by atoms with Gasteiger partial charge in [0.15, 0.2) is 9.84 Å². The molecule has 4 nitrogen and oxygen atoms in total. The third kappa shape index (κ3) is 5.13. The van der Waals surface area contributed by atoms with Crippen molar-refractivity contribution in [2.45, 2.75) is 5.75 Å². The standard InChI is InChI=1S/C15H13ClFNO3S/c16-12-3-1-2-11(8-12)9-22(20,21)10-15(19)18-14-6-4-13(17)5-7-14/h1-8H,9-10H2,(H,18,19). The van der Waals surface area contributed by atoms with Gasteiger partial charge >= 0.3 is 0 Å². The first-order valence-corrected chi connectivity index (χ1v) is 8.54. The molecule has 0 aliphatic carbocycles. The van der Waals surface area contributed by atoms with Crippen molar-refractivity contribution in [3.8, 4) is 0 Å². The van der Waals surface area contributed by atoms with Crippen molar-refractivity contribution < 1.29 is 17.6 Å². The van der Waals surface area contributed by atoms with Gasteiger partial charge in [-0.1, -0.05) is 23.7 Å². The molecule has 0 radical (unpaired) electrons. The number of rotatable bonds is 5. The van der Waals surface area contributed by atoms with Crippen molar-refractivity contribution in [3.63, 3.8) is 0 Å². The van der Waals surface area contributed by atoms with Gasteiger partial charge in [-0.3, -0.25) is 4.79 Å². The first kappa shape index (κ1) is 16.5. The van der Waals surface area contributed by atoms with Gasteiger partial charge in [-0.2, -0.15) is 0 Å². The zero-order chi connectivity index (χ0) is 16.2. The van der Waals surface area contributed by atoms with Gasteiger partial charge in [0.2, 0.25) is 5.91 Å². The Hall–Kier alpha value is -1.92. The molecular weight excluding hydrogens is 329 g/mol. The maximum atomic E-state index is 12.8. The van der Waals surface area contributed by atoms with Crippen molar-refractivity contribution in [2.24, 2.45) is 0 Å². The Bertz CT molecular complexity index is 776. The van der Waals surface area contributed by atoms with Gasteiger partial charge in [0.05, 0.1) is 5.75 Å². The first-order valence-electron chi connectivity index (χ1n) is 6.34. The highest BCUT2D eigenvalue weighted by molar-refractivity contribution is 7.91. The summed E-state index contributed by atoms with van der Waals surface area (Å²) in [7, 11) is -3.62. The molecule has 22 heavy (non-hydrogen) atoms. The SMILES string of the molecule is O=C(CS(=O)(=O)Cc1cccc(Cl)c1)Nc1ccc(F)cc1. The minimum Gasteiger partial charge on any atom is -0.325 e. The highest BCUT2D eigenvalue weighted by atomic mass is 35.5. The smallest absolute Gasteiger partial charge is 0.239 e. The van der Waals surface area contributed by atoms with Crippen molar-refractivity contribution in [2.75, 3.05) is 11.1 Å². The van der Waals surface area contributed by atoms with Crippen LogP contribution in [0.4, 0.5) is 10.1 Å². The molecule has 0 atom stereocenters. The van der Waals surface area contributed by atoms with E-state index in [1.54, 1.807) is 18.2 Å². The predicted molar refractivity (Wildman–Crippen MR) is 84.0 cm³/mol. The minimum atomic E-state index is -3.62. The van der Waals surface area contributed by atoms with E-state index < -0.39 is 27.3 Å². The van der Waals surface area contributed by atoms with E-state index in [1.807, 2.05) is 0 Å². The second-order valence-corrected chi connectivity index (χ2v) is 7.22. The Morgan fingerprint density at radius 3 is 2.45 bits per heavy atom. The van der Waals surface area contributed by atoms with Gasteiger partial charge < -0.3 is 5.32 Å². The zero-order valence-corrected chi connectivity index (χ0v) is 13.0. The number of hydrogen-bond donors (Lipinski definition) is 1. The molecule has 2 aromatic carbocycles. The molecule has 1 N–H and O–H groups in total. The normalized spacial score (nSPS) is 11.2. The van der Waals surface area contributed by atoms with Gasteiger partial charge in [0.1, 0.15) is 11.6 Å². The summed E-state index contributed by atoms with van der Waals surface area (Å²) >= 11 is 5.79. The summed E-state index contributed by atoms with van der Waals surface area (Å²) in [6, 6.07) is 11.5. The predicted octanol–water partition coefficient (Wildman–Crippen LogP) is 3.03. The average molecular weight is 342 g/mol. The summed E-state index contributed by atoms with van der Waals surface area (Å²) in [6.45, 7) is 0. The van der Waals surface area contributed by atoms with Crippen LogP contribution in [-0.4, -0.2) is 20.1 Å². The molecule has 2 rings (SSSR count). The molecule has 0 unspecified atom stereocenters. The van der Waals surface area contributed by atoms with Crippen molar-refractivity contribution in [1.82, 2.24) is 0 Å². The van der Waals surface area contributed by atoms with E-state index in [0.717, 1.165) is 0 Å². The summed E-state index contributed by atoms with van der Waals surface area (Å²) < 4.78 is 36.8. The molecule has 0 spiro atoms. The van der Waals surface area contributed by atoms with Crippen LogP contribution in [0.15, 0.2) is 48.5 Å². The Labute approximate surface area is 132 Å². The van der Waals surface area contributed by atoms with Crippen LogP contribution in [0.2, 0.25) is 5.02 Å². The van der Waals surface area contributed by atoms with Crippen molar-refractivity contribution >= 4 is 33.0 Å². The van der Waals surface area contributed by atoms with Crippen LogP contribution in [0.1, 0.15) is 5.56 Å². The topological polar surface area (TPSA) is 63.2 Å². The third-order valence-electron chi connectivity index (χ3n) is 2.75. The number of anilines is 1. The molecule has 0 bridgehead atoms. The quantitative estimate of drug-likeness (QED) is 0.909. The molecule has 1 amide bonds. The van der Waals surface area contributed by atoms with Crippen LogP contribution in [0.5, 0.6) is 0 Å². The largest absolute Gasteiger partial charge is 0.325 e. The minimum absolute atomic E-state index is 0.273. The fourth-order valence-corrected chi connectivity index (χ4v) is 3.34. The molecule has 0 heterocycles. The monoisotopic (exact) mass is 341 g/mol. The Morgan fingerprint density at radius 1 is 1.14 bits per heavy atom. The number of carbonyl (C=O) groups is 1. The molecule has 0 aliphatic heterocycles. The van der Waals surface area contributed by atoms with Gasteiger partial charge in [-0.05, 0) is 42.0 Å². The van der Waals surface area contributed by atoms with Crippen LogP contribution < -0.4 is 5.32 Å². The highest BCUT2D eigenvalue weighted by Crippen LogP contribution is 2.14. The summed E-state index contributed by atoms with van der Waals surface area (Å²) in [6.07, 6.45) is 0.